The molecule has 140 valence electrons. The molecule has 0 spiro atoms. The van der Waals surface area contributed by atoms with Crippen LogP contribution in [0.5, 0.6) is 0 Å². The number of aliphatic carboxylic acids is 1. The number of hydrogen-bond acceptors (Lipinski definition) is 6. The third kappa shape index (κ3) is 4.44. The van der Waals surface area contributed by atoms with Crippen LogP contribution >= 0.6 is 35.1 Å². The summed E-state index contributed by atoms with van der Waals surface area (Å²) in [6, 6.07) is 18.1. The summed E-state index contributed by atoms with van der Waals surface area (Å²) in [5, 5.41) is 11.1. The largest absolute Gasteiger partial charge is 0.477 e. The van der Waals surface area contributed by atoms with Gasteiger partial charge in [0.05, 0.1) is 0 Å². The SMILES string of the molecule is O=C(O)/C(=C/c1ccc(Sc2ccc(Cl)cc2)o1)Sc1nc2ccccc2o1. The van der Waals surface area contributed by atoms with E-state index in [0.717, 1.165) is 16.7 Å². The fourth-order valence-corrected chi connectivity index (χ4v) is 3.97. The molecule has 4 rings (SSSR count). The number of hydrogen-bond donors (Lipinski definition) is 1. The summed E-state index contributed by atoms with van der Waals surface area (Å²) >= 11 is 8.24. The number of nitrogens with zero attached hydrogens (tertiary/aromatic N) is 1. The number of aromatic nitrogens is 1. The van der Waals surface area contributed by atoms with Crippen LogP contribution in [0.2, 0.25) is 5.02 Å². The second-order valence-corrected chi connectivity index (χ2v) is 8.08. The van der Waals surface area contributed by atoms with Gasteiger partial charge in [-0.2, -0.15) is 0 Å². The van der Waals surface area contributed by atoms with Crippen LogP contribution in [0, 0.1) is 0 Å². The number of oxazole rings is 1. The molecule has 8 heteroatoms. The molecule has 0 unspecified atom stereocenters. The first-order valence-electron chi connectivity index (χ1n) is 8.08. The second kappa shape index (κ2) is 8.18. The number of benzene rings is 2. The highest BCUT2D eigenvalue weighted by atomic mass is 35.5. The molecule has 2 aromatic carbocycles. The van der Waals surface area contributed by atoms with Gasteiger partial charge in [0.25, 0.3) is 5.22 Å². The number of fused-ring (bicyclic) bond motifs is 1. The maximum absolute atomic E-state index is 11.6. The van der Waals surface area contributed by atoms with E-state index in [1.807, 2.05) is 24.3 Å². The summed E-state index contributed by atoms with van der Waals surface area (Å²) in [4.78, 5) is 16.9. The Bertz CT molecular complexity index is 1130. The molecule has 4 aromatic rings. The fraction of sp³-hybridized carbons (Fsp3) is 0. The normalized spacial score (nSPS) is 11.8. The van der Waals surface area contributed by atoms with Crippen LogP contribution in [0.25, 0.3) is 17.2 Å². The molecule has 0 saturated heterocycles. The van der Waals surface area contributed by atoms with Crippen molar-refractivity contribution >= 4 is 58.3 Å². The number of thioether (sulfide) groups is 1. The molecular weight excluding hydrogens is 418 g/mol. The molecule has 1 N–H and O–H groups in total. The maximum Gasteiger partial charge on any atom is 0.342 e. The number of halogens is 1. The van der Waals surface area contributed by atoms with Crippen LogP contribution in [0.4, 0.5) is 0 Å². The number of carboxylic acid groups (broad SMARTS) is 1. The number of para-hydroxylation sites is 2. The molecule has 0 atom stereocenters. The molecule has 28 heavy (non-hydrogen) atoms. The predicted octanol–water partition coefficient (Wildman–Crippen LogP) is 6.44. The van der Waals surface area contributed by atoms with E-state index in [9.17, 15) is 9.90 Å². The Morgan fingerprint density at radius 3 is 2.57 bits per heavy atom. The minimum Gasteiger partial charge on any atom is -0.477 e. The van der Waals surface area contributed by atoms with Crippen molar-refractivity contribution in [2.75, 3.05) is 0 Å². The Labute approximate surface area is 173 Å². The molecule has 2 heterocycles. The van der Waals surface area contributed by atoms with Crippen molar-refractivity contribution in [2.24, 2.45) is 0 Å². The summed E-state index contributed by atoms with van der Waals surface area (Å²) in [6.45, 7) is 0. The quantitative estimate of drug-likeness (QED) is 0.279. The summed E-state index contributed by atoms with van der Waals surface area (Å²) in [7, 11) is 0. The Morgan fingerprint density at radius 2 is 1.82 bits per heavy atom. The molecule has 0 fully saturated rings. The summed E-state index contributed by atoms with van der Waals surface area (Å²) in [5.74, 6) is -0.659. The fourth-order valence-electron chi connectivity index (χ4n) is 2.34. The summed E-state index contributed by atoms with van der Waals surface area (Å²) in [6.07, 6.45) is 1.45. The van der Waals surface area contributed by atoms with E-state index in [0.29, 0.717) is 27.0 Å². The first-order valence-corrected chi connectivity index (χ1v) is 10.1. The molecule has 0 radical (unpaired) electrons. The predicted molar refractivity (Wildman–Crippen MR) is 110 cm³/mol. The van der Waals surface area contributed by atoms with Gasteiger partial charge in [0.15, 0.2) is 10.7 Å². The third-order valence-electron chi connectivity index (χ3n) is 3.59. The van der Waals surface area contributed by atoms with Crippen molar-refractivity contribution in [1.29, 1.82) is 0 Å². The molecule has 5 nitrogen and oxygen atoms in total. The molecular formula is C20H12ClNO4S2. The number of carboxylic acids is 1. The van der Waals surface area contributed by atoms with Crippen molar-refractivity contribution in [3.05, 3.63) is 76.4 Å². The van der Waals surface area contributed by atoms with Crippen LogP contribution in [0.15, 0.2) is 89.6 Å². The molecule has 0 aliphatic carbocycles. The average molecular weight is 430 g/mol. The van der Waals surface area contributed by atoms with Gasteiger partial charge in [0.1, 0.15) is 16.2 Å². The lowest BCUT2D eigenvalue weighted by molar-refractivity contribution is -0.131. The van der Waals surface area contributed by atoms with Gasteiger partial charge in [-0.25, -0.2) is 9.78 Å². The monoisotopic (exact) mass is 429 g/mol. The molecule has 0 saturated carbocycles. The van der Waals surface area contributed by atoms with Crippen LogP contribution < -0.4 is 0 Å². The van der Waals surface area contributed by atoms with Gasteiger partial charge < -0.3 is 13.9 Å². The van der Waals surface area contributed by atoms with Gasteiger partial charge in [0, 0.05) is 16.0 Å². The third-order valence-corrected chi connectivity index (χ3v) is 5.63. The van der Waals surface area contributed by atoms with Crippen molar-refractivity contribution in [3.63, 3.8) is 0 Å². The van der Waals surface area contributed by atoms with E-state index in [4.69, 9.17) is 20.4 Å². The average Bonchev–Trinajstić information content (AvgIpc) is 3.29. The summed E-state index contributed by atoms with van der Waals surface area (Å²) in [5.41, 5.74) is 1.28. The van der Waals surface area contributed by atoms with Crippen molar-refractivity contribution in [2.45, 2.75) is 15.2 Å². The molecule has 0 aliphatic heterocycles. The summed E-state index contributed by atoms with van der Waals surface area (Å²) < 4.78 is 11.3. The standard InChI is InChI=1S/C20H12ClNO4S2/c21-12-5-8-14(9-6-12)27-18-10-7-13(25-18)11-17(19(23)24)28-20-22-15-3-1-2-4-16(15)26-20/h1-11H,(H,23,24)/b17-11-. The zero-order chi connectivity index (χ0) is 19.5. The number of furan rings is 1. The minimum atomic E-state index is -1.09. The highest BCUT2D eigenvalue weighted by Crippen LogP contribution is 2.33. The van der Waals surface area contributed by atoms with E-state index in [-0.39, 0.29) is 10.1 Å². The lowest BCUT2D eigenvalue weighted by Crippen LogP contribution is -1.96. The molecule has 0 bridgehead atoms. The lowest BCUT2D eigenvalue weighted by Gasteiger charge is -1.99. The van der Waals surface area contributed by atoms with E-state index in [2.05, 4.69) is 4.98 Å². The second-order valence-electron chi connectivity index (χ2n) is 5.58. The van der Waals surface area contributed by atoms with Gasteiger partial charge in [-0.1, -0.05) is 35.5 Å². The van der Waals surface area contributed by atoms with Gasteiger partial charge in [-0.15, -0.1) is 0 Å². The Hall–Kier alpha value is -2.61. The Morgan fingerprint density at radius 1 is 1.04 bits per heavy atom. The van der Waals surface area contributed by atoms with Gasteiger partial charge in [-0.05, 0) is 60.3 Å². The smallest absolute Gasteiger partial charge is 0.342 e. The Kier molecular flexibility index (Phi) is 5.47. The molecule has 2 aromatic heterocycles. The van der Waals surface area contributed by atoms with Crippen molar-refractivity contribution < 1.29 is 18.7 Å². The zero-order valence-electron chi connectivity index (χ0n) is 14.2. The van der Waals surface area contributed by atoms with Crippen LogP contribution in [-0.2, 0) is 4.79 Å². The lowest BCUT2D eigenvalue weighted by atomic mass is 10.3. The highest BCUT2D eigenvalue weighted by Gasteiger charge is 2.16. The molecule has 0 aliphatic rings. The minimum absolute atomic E-state index is 0.0453. The van der Waals surface area contributed by atoms with Gasteiger partial charge in [-0.3, -0.25) is 0 Å². The first kappa shape index (κ1) is 18.7. The number of carbonyl (C=O) groups is 1. The highest BCUT2D eigenvalue weighted by molar-refractivity contribution is 8.03. The van der Waals surface area contributed by atoms with E-state index in [1.165, 1.54) is 17.8 Å². The number of rotatable bonds is 6. The van der Waals surface area contributed by atoms with Crippen LogP contribution in [0.1, 0.15) is 5.76 Å². The van der Waals surface area contributed by atoms with Gasteiger partial charge in [0.2, 0.25) is 0 Å². The zero-order valence-corrected chi connectivity index (χ0v) is 16.6. The topological polar surface area (TPSA) is 76.5 Å². The van der Waals surface area contributed by atoms with Crippen LogP contribution in [-0.4, -0.2) is 16.1 Å². The van der Waals surface area contributed by atoms with Crippen molar-refractivity contribution in [3.8, 4) is 0 Å². The van der Waals surface area contributed by atoms with E-state index in [1.54, 1.807) is 36.4 Å². The van der Waals surface area contributed by atoms with Crippen molar-refractivity contribution in [1.82, 2.24) is 4.98 Å². The maximum atomic E-state index is 11.6. The van der Waals surface area contributed by atoms with Crippen LogP contribution in [0.3, 0.4) is 0 Å². The van der Waals surface area contributed by atoms with E-state index < -0.39 is 5.97 Å². The molecule has 0 amide bonds. The Balaban J connectivity index is 1.53. The van der Waals surface area contributed by atoms with Gasteiger partial charge >= 0.3 is 5.97 Å². The van der Waals surface area contributed by atoms with E-state index >= 15 is 0 Å². The first-order chi connectivity index (χ1) is 13.6.